The lowest BCUT2D eigenvalue weighted by atomic mass is 9.58. The molecule has 5 aliphatic rings. The first kappa shape index (κ1) is 16.0. The van der Waals surface area contributed by atoms with Crippen molar-refractivity contribution < 1.29 is 0 Å². The van der Waals surface area contributed by atoms with Crippen molar-refractivity contribution in [1.29, 1.82) is 0 Å². The molecule has 0 amide bonds. The fraction of sp³-hybridized carbons (Fsp3) is 0.917. The van der Waals surface area contributed by atoms with Gasteiger partial charge < -0.3 is 0 Å². The van der Waals surface area contributed by atoms with E-state index in [4.69, 9.17) is 0 Å². The number of hydrogen-bond acceptors (Lipinski definition) is 0. The maximum Gasteiger partial charge on any atom is -0.00824 e. The molecular weight excluding hydrogens is 288 g/mol. The Morgan fingerprint density at radius 3 is 2.62 bits per heavy atom. The Hall–Kier alpha value is -0.260. The van der Waals surface area contributed by atoms with Gasteiger partial charge in [0.25, 0.3) is 0 Å². The normalized spacial score (nSPS) is 61.1. The fourth-order valence-corrected chi connectivity index (χ4v) is 10.2. The zero-order chi connectivity index (χ0) is 17.0. The van der Waals surface area contributed by atoms with E-state index in [1.807, 2.05) is 0 Å². The fourth-order valence-electron chi connectivity index (χ4n) is 10.2. The van der Waals surface area contributed by atoms with Crippen LogP contribution in [0.2, 0.25) is 0 Å². The molecule has 5 aliphatic carbocycles. The number of fused-ring (bicyclic) bond motifs is 1. The number of allylic oxidation sites excluding steroid dienone is 1. The van der Waals surface area contributed by atoms with Crippen LogP contribution in [0.5, 0.6) is 0 Å². The molecule has 0 aromatic heterocycles. The summed E-state index contributed by atoms with van der Waals surface area (Å²) in [5.41, 5.74) is 4.23. The summed E-state index contributed by atoms with van der Waals surface area (Å²) >= 11 is 0. The van der Waals surface area contributed by atoms with Crippen LogP contribution < -0.4 is 0 Å². The lowest BCUT2D eigenvalue weighted by Crippen LogP contribution is -2.39. The van der Waals surface area contributed by atoms with E-state index >= 15 is 0 Å². The van der Waals surface area contributed by atoms with Gasteiger partial charge in [0.2, 0.25) is 0 Å². The van der Waals surface area contributed by atoms with E-state index in [0.717, 1.165) is 34.5 Å². The zero-order valence-electron chi connectivity index (χ0n) is 16.6. The summed E-state index contributed by atoms with van der Waals surface area (Å²) in [5, 5.41) is 0. The van der Waals surface area contributed by atoms with E-state index in [1.54, 1.807) is 31.3 Å². The Balaban J connectivity index is 1.56. The van der Waals surface area contributed by atoms with E-state index in [9.17, 15) is 0 Å². The van der Waals surface area contributed by atoms with Crippen LogP contribution in [0.4, 0.5) is 0 Å². The van der Waals surface area contributed by atoms with E-state index in [1.165, 1.54) is 38.5 Å². The highest BCUT2D eigenvalue weighted by Crippen LogP contribution is 2.95. The maximum absolute atomic E-state index is 4.58. The molecule has 24 heavy (non-hydrogen) atoms. The first-order valence-corrected chi connectivity index (χ1v) is 11.0. The van der Waals surface area contributed by atoms with Gasteiger partial charge in [-0.2, -0.15) is 0 Å². The molecule has 0 heteroatoms. The molecular formula is C24H38. The third-order valence-corrected chi connectivity index (χ3v) is 10.7. The minimum atomic E-state index is 0.477. The van der Waals surface area contributed by atoms with Crippen molar-refractivity contribution in [3.8, 4) is 0 Å². The van der Waals surface area contributed by atoms with Crippen LogP contribution in [0, 0.1) is 45.3 Å². The largest absolute Gasteiger partial charge is 0.0993 e. The quantitative estimate of drug-likeness (QED) is 0.479. The van der Waals surface area contributed by atoms with Crippen LogP contribution in [0.25, 0.3) is 0 Å². The summed E-state index contributed by atoms with van der Waals surface area (Å²) < 4.78 is 0. The standard InChI is InChI=1S/C24H38/c1-6-7-18-8-11-24-19-9-10-22(5)17(3)14-16(2)20(22)23(19,24)13-12-21(24,4)15-18/h16,18-20H,3,6-15H2,1-2,4-5H3. The third-order valence-electron chi connectivity index (χ3n) is 10.7. The SMILES string of the molecule is C=C1CC(C)C2C1(C)CCC1C23CCC2(C)CC(CCC)CCC123. The molecule has 0 aromatic carbocycles. The van der Waals surface area contributed by atoms with Crippen molar-refractivity contribution in [2.75, 3.05) is 0 Å². The first-order chi connectivity index (χ1) is 11.4. The minimum absolute atomic E-state index is 0.477. The Morgan fingerprint density at radius 1 is 1.08 bits per heavy atom. The highest BCUT2D eigenvalue weighted by Gasteiger charge is 2.89. The molecule has 0 heterocycles. The van der Waals surface area contributed by atoms with Crippen LogP contribution in [0.1, 0.15) is 91.9 Å². The van der Waals surface area contributed by atoms with E-state index in [0.29, 0.717) is 10.8 Å². The van der Waals surface area contributed by atoms with E-state index in [2.05, 4.69) is 34.3 Å². The predicted octanol–water partition coefficient (Wildman–Crippen LogP) is 7.00. The van der Waals surface area contributed by atoms with Crippen LogP contribution >= 0.6 is 0 Å². The Bertz CT molecular complexity index is 589. The van der Waals surface area contributed by atoms with Crippen molar-refractivity contribution in [2.45, 2.75) is 91.9 Å². The molecule has 8 atom stereocenters. The van der Waals surface area contributed by atoms with Crippen molar-refractivity contribution in [2.24, 2.45) is 45.3 Å². The molecule has 134 valence electrons. The van der Waals surface area contributed by atoms with Crippen LogP contribution in [-0.4, -0.2) is 0 Å². The summed E-state index contributed by atoms with van der Waals surface area (Å²) in [6.45, 7) is 14.9. The van der Waals surface area contributed by atoms with Gasteiger partial charge in [0.1, 0.15) is 0 Å². The van der Waals surface area contributed by atoms with Gasteiger partial charge in [0.15, 0.2) is 0 Å². The second-order valence-corrected chi connectivity index (χ2v) is 11.2. The maximum atomic E-state index is 4.58. The highest BCUT2D eigenvalue weighted by molar-refractivity contribution is 5.39. The first-order valence-electron chi connectivity index (χ1n) is 11.0. The molecule has 0 radical (unpaired) electrons. The van der Waals surface area contributed by atoms with Gasteiger partial charge in [0, 0.05) is 0 Å². The topological polar surface area (TPSA) is 0 Å². The highest BCUT2D eigenvalue weighted by atomic mass is 14.9. The molecule has 5 fully saturated rings. The smallest absolute Gasteiger partial charge is 0.00824 e. The lowest BCUT2D eigenvalue weighted by molar-refractivity contribution is 0.0309. The van der Waals surface area contributed by atoms with Gasteiger partial charge in [-0.3, -0.25) is 0 Å². The average molecular weight is 327 g/mol. The number of hydrogen-bond donors (Lipinski definition) is 0. The number of rotatable bonds is 2. The molecule has 0 saturated heterocycles. The van der Waals surface area contributed by atoms with Gasteiger partial charge in [0.05, 0.1) is 0 Å². The summed E-state index contributed by atoms with van der Waals surface area (Å²) in [5.74, 6) is 3.96. The van der Waals surface area contributed by atoms with Crippen molar-refractivity contribution in [3.05, 3.63) is 12.2 Å². The molecule has 2 spiro atoms. The molecule has 0 bridgehead atoms. The molecule has 0 aromatic rings. The molecule has 8 unspecified atom stereocenters. The summed E-state index contributed by atoms with van der Waals surface area (Å²) in [6, 6.07) is 0. The summed E-state index contributed by atoms with van der Waals surface area (Å²) in [4.78, 5) is 0. The monoisotopic (exact) mass is 326 g/mol. The van der Waals surface area contributed by atoms with Crippen molar-refractivity contribution in [3.63, 3.8) is 0 Å². The van der Waals surface area contributed by atoms with Gasteiger partial charge in [-0.25, -0.2) is 0 Å². The predicted molar refractivity (Wildman–Crippen MR) is 102 cm³/mol. The Labute approximate surface area is 149 Å². The molecule has 0 aliphatic heterocycles. The van der Waals surface area contributed by atoms with Gasteiger partial charge in [-0.1, -0.05) is 52.7 Å². The van der Waals surface area contributed by atoms with Gasteiger partial charge in [-0.15, -0.1) is 0 Å². The molecule has 0 nitrogen and oxygen atoms in total. The van der Waals surface area contributed by atoms with E-state index in [-0.39, 0.29) is 0 Å². The zero-order valence-corrected chi connectivity index (χ0v) is 16.6. The molecule has 5 rings (SSSR count). The van der Waals surface area contributed by atoms with Crippen molar-refractivity contribution in [1.82, 2.24) is 0 Å². The second kappa shape index (κ2) is 4.52. The minimum Gasteiger partial charge on any atom is -0.0993 e. The molecule has 0 N–H and O–H groups in total. The van der Waals surface area contributed by atoms with Crippen molar-refractivity contribution >= 4 is 0 Å². The van der Waals surface area contributed by atoms with Crippen LogP contribution in [-0.2, 0) is 0 Å². The Morgan fingerprint density at radius 2 is 1.88 bits per heavy atom. The third kappa shape index (κ3) is 1.43. The average Bonchev–Trinajstić information content (AvgIpc) is 2.90. The summed E-state index contributed by atoms with van der Waals surface area (Å²) in [6.07, 6.45) is 14.9. The molecule has 5 saturated carbocycles. The summed E-state index contributed by atoms with van der Waals surface area (Å²) in [7, 11) is 0. The van der Waals surface area contributed by atoms with Gasteiger partial charge in [-0.05, 0) is 96.7 Å². The second-order valence-electron chi connectivity index (χ2n) is 11.2. The van der Waals surface area contributed by atoms with Crippen LogP contribution in [0.3, 0.4) is 0 Å². The van der Waals surface area contributed by atoms with Crippen LogP contribution in [0.15, 0.2) is 12.2 Å². The van der Waals surface area contributed by atoms with Gasteiger partial charge >= 0.3 is 0 Å². The van der Waals surface area contributed by atoms with E-state index < -0.39 is 0 Å². The lowest BCUT2D eigenvalue weighted by Gasteiger charge is -2.46. The Kier molecular flexibility index (Phi) is 3.01.